The third-order valence-corrected chi connectivity index (χ3v) is 4.71. The first-order valence-corrected chi connectivity index (χ1v) is 7.94. The summed E-state index contributed by atoms with van der Waals surface area (Å²) in [6.45, 7) is 2.85. The lowest BCUT2D eigenvalue weighted by molar-refractivity contribution is -0.0607. The molecule has 1 aromatic carbocycles. The van der Waals surface area contributed by atoms with Crippen molar-refractivity contribution >= 4 is 10.8 Å². The van der Waals surface area contributed by atoms with E-state index in [-0.39, 0.29) is 11.6 Å². The Hall–Kier alpha value is -1.45. The quantitative estimate of drug-likeness (QED) is 0.905. The van der Waals surface area contributed by atoms with Gasteiger partial charge in [-0.2, -0.15) is 0 Å². The average Bonchev–Trinajstić information content (AvgIpc) is 2.98. The highest BCUT2D eigenvalue weighted by atomic mass is 16.5. The number of fused-ring (bicyclic) bond motifs is 1. The van der Waals surface area contributed by atoms with Gasteiger partial charge in [-0.1, -0.05) is 37.1 Å². The molecule has 0 amide bonds. The lowest BCUT2D eigenvalue weighted by Gasteiger charge is -2.38. The Morgan fingerprint density at radius 2 is 2.00 bits per heavy atom. The molecular formula is C18H24N2O. The van der Waals surface area contributed by atoms with Crippen molar-refractivity contribution < 1.29 is 4.74 Å². The summed E-state index contributed by atoms with van der Waals surface area (Å²) in [5.41, 5.74) is 1.17. The van der Waals surface area contributed by atoms with Gasteiger partial charge in [0.2, 0.25) is 0 Å². The minimum absolute atomic E-state index is 0.0880. The Labute approximate surface area is 126 Å². The van der Waals surface area contributed by atoms with E-state index in [0.29, 0.717) is 0 Å². The number of hydrogen-bond donors (Lipinski definition) is 1. The molecule has 1 fully saturated rings. The van der Waals surface area contributed by atoms with Crippen LogP contribution in [-0.4, -0.2) is 24.2 Å². The summed E-state index contributed by atoms with van der Waals surface area (Å²) < 4.78 is 6.26. The Kier molecular flexibility index (Phi) is 4.22. The minimum atomic E-state index is -0.0880. The number of nitrogens with one attached hydrogen (secondary N) is 1. The lowest BCUT2D eigenvalue weighted by atomic mass is 9.85. The van der Waals surface area contributed by atoms with Crippen molar-refractivity contribution in [2.24, 2.45) is 0 Å². The maximum atomic E-state index is 6.26. The van der Waals surface area contributed by atoms with Crippen LogP contribution in [0.4, 0.5) is 0 Å². The minimum Gasteiger partial charge on any atom is -0.373 e. The number of nitrogens with zero attached hydrogens (tertiary/aromatic N) is 1. The van der Waals surface area contributed by atoms with Gasteiger partial charge in [0.1, 0.15) is 0 Å². The number of ether oxygens (including phenoxy) is 1. The Balaban J connectivity index is 2.09. The second kappa shape index (κ2) is 6.12. The summed E-state index contributed by atoms with van der Waals surface area (Å²) in [6, 6.07) is 8.67. The standard InChI is InChI=1S/C18H24N2O/c1-3-21-18(10-6-7-11-18)17(19-2)16-13-20-12-14-8-4-5-9-15(14)16/h4-5,8-9,12-13,17,19H,3,6-7,10-11H2,1-2H3. The van der Waals surface area contributed by atoms with E-state index < -0.39 is 0 Å². The zero-order valence-corrected chi connectivity index (χ0v) is 12.9. The number of aromatic nitrogens is 1. The van der Waals surface area contributed by atoms with E-state index in [2.05, 4.69) is 41.5 Å². The highest BCUT2D eigenvalue weighted by molar-refractivity contribution is 5.85. The van der Waals surface area contributed by atoms with Gasteiger partial charge >= 0.3 is 0 Å². The van der Waals surface area contributed by atoms with Gasteiger partial charge in [-0.05, 0) is 37.8 Å². The Morgan fingerprint density at radius 3 is 2.71 bits per heavy atom. The molecule has 0 bridgehead atoms. The van der Waals surface area contributed by atoms with Crippen LogP contribution in [0.2, 0.25) is 0 Å². The van der Waals surface area contributed by atoms with Gasteiger partial charge in [-0.15, -0.1) is 0 Å². The van der Waals surface area contributed by atoms with Crippen molar-refractivity contribution in [2.75, 3.05) is 13.7 Å². The summed E-state index contributed by atoms with van der Waals surface area (Å²) >= 11 is 0. The molecule has 1 N–H and O–H groups in total. The topological polar surface area (TPSA) is 34.1 Å². The van der Waals surface area contributed by atoms with Crippen LogP contribution in [0.3, 0.4) is 0 Å². The molecule has 3 heteroatoms. The molecule has 0 spiro atoms. The van der Waals surface area contributed by atoms with Gasteiger partial charge in [0.05, 0.1) is 11.6 Å². The van der Waals surface area contributed by atoms with Crippen LogP contribution in [-0.2, 0) is 4.74 Å². The number of pyridine rings is 1. The molecule has 21 heavy (non-hydrogen) atoms. The summed E-state index contributed by atoms with van der Waals surface area (Å²) in [4.78, 5) is 4.45. The molecule has 0 radical (unpaired) electrons. The first-order chi connectivity index (χ1) is 10.3. The third-order valence-electron chi connectivity index (χ3n) is 4.71. The largest absolute Gasteiger partial charge is 0.373 e. The highest BCUT2D eigenvalue weighted by Gasteiger charge is 2.42. The summed E-state index contributed by atoms with van der Waals surface area (Å²) in [5, 5.41) is 5.98. The smallest absolute Gasteiger partial charge is 0.0876 e. The second-order valence-electron chi connectivity index (χ2n) is 5.88. The molecule has 0 saturated heterocycles. The lowest BCUT2D eigenvalue weighted by Crippen LogP contribution is -2.43. The first kappa shape index (κ1) is 14.5. The molecule has 3 rings (SSSR count). The van der Waals surface area contributed by atoms with Crippen LogP contribution in [0.1, 0.15) is 44.2 Å². The molecule has 112 valence electrons. The van der Waals surface area contributed by atoms with Crippen molar-refractivity contribution in [1.82, 2.24) is 10.3 Å². The van der Waals surface area contributed by atoms with Crippen LogP contribution >= 0.6 is 0 Å². The van der Waals surface area contributed by atoms with E-state index in [4.69, 9.17) is 4.74 Å². The zero-order chi connectivity index (χ0) is 14.7. The fourth-order valence-electron chi connectivity index (χ4n) is 3.85. The van der Waals surface area contributed by atoms with E-state index in [1.807, 2.05) is 19.4 Å². The van der Waals surface area contributed by atoms with Crippen molar-refractivity contribution in [3.63, 3.8) is 0 Å². The normalized spacial score (nSPS) is 19.0. The van der Waals surface area contributed by atoms with Gasteiger partial charge in [0, 0.05) is 24.4 Å². The molecule has 3 nitrogen and oxygen atoms in total. The van der Waals surface area contributed by atoms with Crippen molar-refractivity contribution in [2.45, 2.75) is 44.2 Å². The van der Waals surface area contributed by atoms with Gasteiger partial charge in [-0.3, -0.25) is 4.98 Å². The van der Waals surface area contributed by atoms with Gasteiger partial charge in [-0.25, -0.2) is 0 Å². The maximum absolute atomic E-state index is 6.26. The van der Waals surface area contributed by atoms with Crippen LogP contribution in [0, 0.1) is 0 Å². The molecule has 1 atom stereocenters. The van der Waals surface area contributed by atoms with Crippen LogP contribution < -0.4 is 5.32 Å². The third kappa shape index (κ3) is 2.56. The Morgan fingerprint density at radius 1 is 1.24 bits per heavy atom. The molecule has 1 aliphatic rings. The fraction of sp³-hybridized carbons (Fsp3) is 0.500. The van der Waals surface area contributed by atoms with Gasteiger partial charge < -0.3 is 10.1 Å². The molecule has 1 aromatic heterocycles. The van der Waals surface area contributed by atoms with Crippen molar-refractivity contribution in [1.29, 1.82) is 0 Å². The maximum Gasteiger partial charge on any atom is 0.0876 e. The first-order valence-electron chi connectivity index (χ1n) is 7.94. The summed E-state index contributed by atoms with van der Waals surface area (Å²) in [7, 11) is 2.03. The molecule has 1 saturated carbocycles. The predicted molar refractivity (Wildman–Crippen MR) is 86.4 cm³/mol. The van der Waals surface area contributed by atoms with E-state index in [0.717, 1.165) is 19.4 Å². The van der Waals surface area contributed by atoms with E-state index in [9.17, 15) is 0 Å². The molecule has 2 aromatic rings. The number of hydrogen-bond acceptors (Lipinski definition) is 3. The number of likely N-dealkylation sites (N-methyl/N-ethyl adjacent to an activating group) is 1. The second-order valence-corrected chi connectivity index (χ2v) is 5.88. The zero-order valence-electron chi connectivity index (χ0n) is 12.9. The van der Waals surface area contributed by atoms with E-state index in [1.165, 1.54) is 29.2 Å². The summed E-state index contributed by atoms with van der Waals surface area (Å²) in [6.07, 6.45) is 8.67. The fourth-order valence-corrected chi connectivity index (χ4v) is 3.85. The molecule has 0 aliphatic heterocycles. The van der Waals surface area contributed by atoms with Gasteiger partial charge in [0.15, 0.2) is 0 Å². The van der Waals surface area contributed by atoms with E-state index >= 15 is 0 Å². The molecular weight excluding hydrogens is 260 g/mol. The van der Waals surface area contributed by atoms with E-state index in [1.54, 1.807) is 0 Å². The average molecular weight is 284 g/mol. The number of rotatable bonds is 5. The molecule has 1 unspecified atom stereocenters. The number of benzene rings is 1. The predicted octanol–water partition coefficient (Wildman–Crippen LogP) is 3.84. The van der Waals surface area contributed by atoms with Gasteiger partial charge in [0.25, 0.3) is 0 Å². The SMILES string of the molecule is CCOC1(C(NC)c2cncc3ccccc23)CCCC1. The van der Waals surface area contributed by atoms with Crippen LogP contribution in [0.5, 0.6) is 0 Å². The van der Waals surface area contributed by atoms with Crippen LogP contribution in [0.15, 0.2) is 36.7 Å². The highest BCUT2D eigenvalue weighted by Crippen LogP contribution is 2.44. The van der Waals surface area contributed by atoms with Crippen molar-refractivity contribution in [3.05, 3.63) is 42.2 Å². The monoisotopic (exact) mass is 284 g/mol. The molecule has 1 aliphatic carbocycles. The van der Waals surface area contributed by atoms with Crippen LogP contribution in [0.25, 0.3) is 10.8 Å². The Bertz CT molecular complexity index is 600. The molecule has 1 heterocycles. The van der Waals surface area contributed by atoms with Crippen molar-refractivity contribution in [3.8, 4) is 0 Å². The summed E-state index contributed by atoms with van der Waals surface area (Å²) in [5.74, 6) is 0.